The number of hydrogen-bond donors (Lipinski definition) is 0. The van der Waals surface area contributed by atoms with E-state index in [1.165, 1.54) is 18.3 Å². The number of aryl methyl sites for hydroxylation is 1. The van der Waals surface area contributed by atoms with E-state index in [4.69, 9.17) is 0 Å². The van der Waals surface area contributed by atoms with Gasteiger partial charge in [0.25, 0.3) is 5.91 Å². The monoisotopic (exact) mass is 343 g/mol. The molecule has 2 aliphatic rings. The molecule has 120 valence electrons. The van der Waals surface area contributed by atoms with Crippen molar-refractivity contribution in [3.05, 3.63) is 16.1 Å². The van der Waals surface area contributed by atoms with E-state index in [-0.39, 0.29) is 23.3 Å². The van der Waals surface area contributed by atoms with Crippen LogP contribution >= 0.6 is 11.3 Å². The first-order chi connectivity index (χ1) is 10.3. The summed E-state index contributed by atoms with van der Waals surface area (Å²) in [4.78, 5) is 32.2. The SMILES string of the molecule is CC(=O)N1CCN(C(=O)c2scnc2C)[C@@H]2CS(=O)(=O)C[C@@H]21. The lowest BCUT2D eigenvalue weighted by Crippen LogP contribution is -2.61. The molecule has 0 spiro atoms. The molecule has 3 heterocycles. The van der Waals surface area contributed by atoms with Crippen LogP contribution in [0.15, 0.2) is 5.51 Å². The average molecular weight is 343 g/mol. The second-order valence-electron chi connectivity index (χ2n) is 5.69. The maximum absolute atomic E-state index is 12.7. The summed E-state index contributed by atoms with van der Waals surface area (Å²) in [6.07, 6.45) is 0. The van der Waals surface area contributed by atoms with E-state index in [1.807, 2.05) is 0 Å². The van der Waals surface area contributed by atoms with Gasteiger partial charge in [-0.3, -0.25) is 9.59 Å². The molecule has 2 amide bonds. The Bertz CT molecular complexity index is 727. The quantitative estimate of drug-likeness (QED) is 0.712. The first kappa shape index (κ1) is 15.4. The average Bonchev–Trinajstić information content (AvgIpc) is 2.98. The minimum Gasteiger partial charge on any atom is -0.335 e. The van der Waals surface area contributed by atoms with Crippen molar-refractivity contribution < 1.29 is 18.0 Å². The van der Waals surface area contributed by atoms with Gasteiger partial charge in [0.2, 0.25) is 5.91 Å². The van der Waals surface area contributed by atoms with E-state index in [2.05, 4.69) is 4.98 Å². The van der Waals surface area contributed by atoms with Crippen LogP contribution in [0.3, 0.4) is 0 Å². The Kier molecular flexibility index (Phi) is 3.72. The van der Waals surface area contributed by atoms with Crippen LogP contribution < -0.4 is 0 Å². The molecule has 0 aliphatic carbocycles. The number of fused-ring (bicyclic) bond motifs is 1. The van der Waals surface area contributed by atoms with Crippen LogP contribution in [-0.2, 0) is 14.6 Å². The van der Waals surface area contributed by atoms with Crippen LogP contribution in [0.25, 0.3) is 0 Å². The van der Waals surface area contributed by atoms with Crippen molar-refractivity contribution in [3.63, 3.8) is 0 Å². The number of nitrogens with zero attached hydrogens (tertiary/aromatic N) is 3. The van der Waals surface area contributed by atoms with Gasteiger partial charge < -0.3 is 9.80 Å². The molecule has 9 heteroatoms. The van der Waals surface area contributed by atoms with Crippen molar-refractivity contribution in [1.82, 2.24) is 14.8 Å². The molecule has 2 saturated heterocycles. The van der Waals surface area contributed by atoms with Crippen molar-refractivity contribution in [2.24, 2.45) is 0 Å². The predicted octanol–water partition coefficient (Wildman–Crippen LogP) is -0.0786. The summed E-state index contributed by atoms with van der Waals surface area (Å²) in [7, 11) is -3.24. The Morgan fingerprint density at radius 1 is 1.23 bits per heavy atom. The summed E-state index contributed by atoms with van der Waals surface area (Å²) in [5.41, 5.74) is 2.26. The number of amides is 2. The molecule has 1 aromatic rings. The second kappa shape index (κ2) is 5.31. The highest BCUT2D eigenvalue weighted by Gasteiger charge is 2.49. The number of piperazine rings is 1. The zero-order valence-corrected chi connectivity index (χ0v) is 14.0. The summed E-state index contributed by atoms with van der Waals surface area (Å²) in [6.45, 7) is 3.92. The lowest BCUT2D eigenvalue weighted by Gasteiger charge is -2.43. The highest BCUT2D eigenvalue weighted by Crippen LogP contribution is 2.29. The van der Waals surface area contributed by atoms with Gasteiger partial charge in [-0.15, -0.1) is 11.3 Å². The molecule has 0 N–H and O–H groups in total. The Morgan fingerprint density at radius 2 is 1.82 bits per heavy atom. The van der Waals surface area contributed by atoms with Gasteiger partial charge in [0.1, 0.15) is 4.88 Å². The van der Waals surface area contributed by atoms with Crippen molar-refractivity contribution in [2.75, 3.05) is 24.6 Å². The molecule has 0 aromatic carbocycles. The van der Waals surface area contributed by atoms with E-state index in [9.17, 15) is 18.0 Å². The van der Waals surface area contributed by atoms with Gasteiger partial charge in [-0.05, 0) is 6.92 Å². The van der Waals surface area contributed by atoms with Crippen LogP contribution in [0.2, 0.25) is 0 Å². The van der Waals surface area contributed by atoms with E-state index in [1.54, 1.807) is 22.2 Å². The van der Waals surface area contributed by atoms with Crippen molar-refractivity contribution in [2.45, 2.75) is 25.9 Å². The van der Waals surface area contributed by atoms with Crippen molar-refractivity contribution in [3.8, 4) is 0 Å². The highest BCUT2D eigenvalue weighted by atomic mass is 32.2. The minimum absolute atomic E-state index is 0.0668. The third-order valence-electron chi connectivity index (χ3n) is 4.28. The Balaban J connectivity index is 1.93. The number of carbonyl (C=O) groups excluding carboxylic acids is 2. The largest absolute Gasteiger partial charge is 0.335 e. The number of thiazole rings is 1. The van der Waals surface area contributed by atoms with E-state index in [0.29, 0.717) is 23.7 Å². The Labute approximate surface area is 132 Å². The molecule has 7 nitrogen and oxygen atoms in total. The van der Waals surface area contributed by atoms with Crippen LogP contribution in [0.4, 0.5) is 0 Å². The molecule has 0 saturated carbocycles. The predicted molar refractivity (Wildman–Crippen MR) is 81.5 cm³/mol. The molecular formula is C13H17N3O4S2. The van der Waals surface area contributed by atoms with Gasteiger partial charge in [0, 0.05) is 20.0 Å². The van der Waals surface area contributed by atoms with Gasteiger partial charge in [-0.2, -0.15) is 0 Å². The van der Waals surface area contributed by atoms with Gasteiger partial charge >= 0.3 is 0 Å². The van der Waals surface area contributed by atoms with E-state index >= 15 is 0 Å². The standard InChI is InChI=1S/C13H17N3O4S2/c1-8-12(21-7-14-8)13(18)16-4-3-15(9(2)17)10-5-22(19,20)6-11(10)16/h7,10-11H,3-6H2,1-2H3/t10-,11+/m0/s1. The number of hydrogen-bond acceptors (Lipinski definition) is 6. The topological polar surface area (TPSA) is 87.7 Å². The molecule has 1 aromatic heterocycles. The summed E-state index contributed by atoms with van der Waals surface area (Å²) in [5, 5.41) is 0. The van der Waals surface area contributed by atoms with Gasteiger partial charge in [0.15, 0.2) is 9.84 Å². The fourth-order valence-corrected chi connectivity index (χ4v) is 5.97. The van der Waals surface area contributed by atoms with Crippen LogP contribution in [0, 0.1) is 6.92 Å². The molecule has 22 heavy (non-hydrogen) atoms. The maximum Gasteiger partial charge on any atom is 0.266 e. The molecule has 0 bridgehead atoms. The first-order valence-electron chi connectivity index (χ1n) is 6.99. The van der Waals surface area contributed by atoms with E-state index < -0.39 is 21.9 Å². The molecule has 3 rings (SSSR count). The minimum atomic E-state index is -3.24. The molecular weight excluding hydrogens is 326 g/mol. The maximum atomic E-state index is 12.7. The zero-order valence-electron chi connectivity index (χ0n) is 12.4. The molecule has 0 radical (unpaired) electrons. The van der Waals surface area contributed by atoms with Crippen LogP contribution in [-0.4, -0.2) is 71.7 Å². The second-order valence-corrected chi connectivity index (χ2v) is 8.70. The summed E-state index contributed by atoms with van der Waals surface area (Å²) >= 11 is 1.26. The van der Waals surface area contributed by atoms with E-state index in [0.717, 1.165) is 0 Å². The fraction of sp³-hybridized carbons (Fsp3) is 0.615. The smallest absolute Gasteiger partial charge is 0.266 e. The molecule has 0 unspecified atom stereocenters. The summed E-state index contributed by atoms with van der Waals surface area (Å²) in [5.74, 6) is -0.475. The van der Waals surface area contributed by atoms with Crippen molar-refractivity contribution >= 4 is 33.0 Å². The Morgan fingerprint density at radius 3 is 2.36 bits per heavy atom. The third kappa shape index (κ3) is 2.52. The lowest BCUT2D eigenvalue weighted by atomic mass is 10.0. The first-order valence-corrected chi connectivity index (χ1v) is 9.69. The fourth-order valence-electron chi connectivity index (χ4n) is 3.23. The molecule has 2 aliphatic heterocycles. The number of carbonyl (C=O) groups is 2. The van der Waals surface area contributed by atoms with Gasteiger partial charge in [0.05, 0.1) is 34.8 Å². The summed E-state index contributed by atoms with van der Waals surface area (Å²) < 4.78 is 24.0. The highest BCUT2D eigenvalue weighted by molar-refractivity contribution is 7.91. The van der Waals surface area contributed by atoms with Crippen molar-refractivity contribution in [1.29, 1.82) is 0 Å². The molecule has 2 fully saturated rings. The van der Waals surface area contributed by atoms with Gasteiger partial charge in [-0.25, -0.2) is 13.4 Å². The zero-order chi connectivity index (χ0) is 16.1. The lowest BCUT2D eigenvalue weighted by molar-refractivity contribution is -0.133. The normalized spacial score (nSPS) is 26.8. The van der Waals surface area contributed by atoms with Crippen LogP contribution in [0.5, 0.6) is 0 Å². The van der Waals surface area contributed by atoms with Gasteiger partial charge in [-0.1, -0.05) is 0 Å². The number of rotatable bonds is 1. The Hall–Kier alpha value is -1.48. The van der Waals surface area contributed by atoms with Crippen LogP contribution in [0.1, 0.15) is 22.3 Å². The number of aromatic nitrogens is 1. The summed E-state index contributed by atoms with van der Waals surface area (Å²) in [6, 6.07) is -0.898. The third-order valence-corrected chi connectivity index (χ3v) is 6.90. The molecule has 2 atom stereocenters. The number of sulfone groups is 1.